The highest BCUT2D eigenvalue weighted by molar-refractivity contribution is 5.76. The van der Waals surface area contributed by atoms with Crippen LogP contribution in [0.3, 0.4) is 0 Å². The molecule has 1 aromatic carbocycles. The highest BCUT2D eigenvalue weighted by atomic mass is 16.3. The summed E-state index contributed by atoms with van der Waals surface area (Å²) in [6, 6.07) is 5.99. The Morgan fingerprint density at radius 1 is 1.35 bits per heavy atom. The minimum Gasteiger partial charge on any atom is -0.508 e. The molecule has 0 saturated carbocycles. The number of aromatic hydroxyl groups is 1. The van der Waals surface area contributed by atoms with Gasteiger partial charge in [-0.05, 0) is 36.6 Å². The van der Waals surface area contributed by atoms with Crippen molar-refractivity contribution >= 4 is 6.03 Å². The van der Waals surface area contributed by atoms with Crippen molar-refractivity contribution in [3.8, 4) is 5.75 Å². The molecule has 3 rings (SSSR count). The van der Waals surface area contributed by atoms with Gasteiger partial charge in [0.05, 0.1) is 0 Å². The lowest BCUT2D eigenvalue weighted by Crippen LogP contribution is -2.41. The van der Waals surface area contributed by atoms with Gasteiger partial charge in [0.25, 0.3) is 0 Å². The third kappa shape index (κ3) is 2.45. The molecular weight excluding hydrogens is 254 g/mol. The van der Waals surface area contributed by atoms with Crippen LogP contribution in [0.1, 0.15) is 24.1 Å². The molecule has 0 bridgehead atoms. The number of nitrogens with zero attached hydrogens (tertiary/aromatic N) is 2. The number of hydrogen-bond donors (Lipinski definition) is 2. The summed E-state index contributed by atoms with van der Waals surface area (Å²) >= 11 is 0. The first-order valence-corrected chi connectivity index (χ1v) is 7.24. The molecule has 2 aliphatic heterocycles. The molecule has 2 aliphatic rings. The Kier molecular flexibility index (Phi) is 3.53. The lowest BCUT2D eigenvalue weighted by atomic mass is 9.93. The summed E-state index contributed by atoms with van der Waals surface area (Å²) in [7, 11) is 0. The van der Waals surface area contributed by atoms with Crippen LogP contribution in [0.4, 0.5) is 4.79 Å². The molecule has 2 heterocycles. The topological polar surface area (TPSA) is 55.8 Å². The van der Waals surface area contributed by atoms with Gasteiger partial charge in [0, 0.05) is 38.8 Å². The first kappa shape index (κ1) is 13.2. The first-order chi connectivity index (χ1) is 9.65. The number of phenolic OH excluding ortho intramolecular Hbond substituents is 1. The van der Waals surface area contributed by atoms with E-state index in [1.54, 1.807) is 6.07 Å². The molecule has 5 heteroatoms. The lowest BCUT2D eigenvalue weighted by molar-refractivity contribution is 0.170. The number of fused-ring (bicyclic) bond motifs is 1. The van der Waals surface area contributed by atoms with Crippen molar-refractivity contribution < 1.29 is 9.90 Å². The van der Waals surface area contributed by atoms with Crippen molar-refractivity contribution in [3.63, 3.8) is 0 Å². The van der Waals surface area contributed by atoms with Gasteiger partial charge in [-0.25, -0.2) is 4.79 Å². The van der Waals surface area contributed by atoms with Gasteiger partial charge in [-0.2, -0.15) is 0 Å². The average molecular weight is 275 g/mol. The summed E-state index contributed by atoms with van der Waals surface area (Å²) in [5.74, 6) is 0.330. The number of urea groups is 1. The molecule has 5 nitrogen and oxygen atoms in total. The Balaban J connectivity index is 1.65. The molecule has 1 saturated heterocycles. The van der Waals surface area contributed by atoms with Gasteiger partial charge < -0.3 is 15.3 Å². The number of carbonyl (C=O) groups excluding carboxylic acids is 1. The Morgan fingerprint density at radius 3 is 2.95 bits per heavy atom. The fraction of sp³-hybridized carbons (Fsp3) is 0.533. The second kappa shape index (κ2) is 5.32. The molecule has 108 valence electrons. The number of rotatable bonds is 3. The van der Waals surface area contributed by atoms with Gasteiger partial charge in [0.1, 0.15) is 5.75 Å². The lowest BCUT2D eigenvalue weighted by Gasteiger charge is -2.36. The van der Waals surface area contributed by atoms with E-state index in [1.165, 1.54) is 11.1 Å². The zero-order chi connectivity index (χ0) is 14.1. The zero-order valence-corrected chi connectivity index (χ0v) is 11.8. The first-order valence-electron chi connectivity index (χ1n) is 7.24. The highest BCUT2D eigenvalue weighted by Gasteiger charge is 2.26. The molecule has 0 aliphatic carbocycles. The molecule has 0 radical (unpaired) electrons. The van der Waals surface area contributed by atoms with Crippen LogP contribution in [0.2, 0.25) is 0 Å². The number of hydrogen-bond acceptors (Lipinski definition) is 3. The molecule has 0 aromatic heterocycles. The molecule has 2 amide bonds. The van der Waals surface area contributed by atoms with Gasteiger partial charge >= 0.3 is 6.03 Å². The average Bonchev–Trinajstić information content (AvgIpc) is 2.84. The van der Waals surface area contributed by atoms with Crippen molar-refractivity contribution in [1.29, 1.82) is 0 Å². The monoisotopic (exact) mass is 275 g/mol. The van der Waals surface area contributed by atoms with Gasteiger partial charge in [-0.15, -0.1) is 0 Å². The van der Waals surface area contributed by atoms with Crippen molar-refractivity contribution in [2.45, 2.75) is 19.4 Å². The predicted molar refractivity (Wildman–Crippen MR) is 76.8 cm³/mol. The van der Waals surface area contributed by atoms with Crippen LogP contribution >= 0.6 is 0 Å². The summed E-state index contributed by atoms with van der Waals surface area (Å²) in [6.07, 6.45) is 1.01. The Hall–Kier alpha value is -1.75. The smallest absolute Gasteiger partial charge is 0.317 e. The van der Waals surface area contributed by atoms with E-state index in [9.17, 15) is 9.90 Å². The van der Waals surface area contributed by atoms with Gasteiger partial charge in [-0.3, -0.25) is 4.90 Å². The minimum atomic E-state index is 0.0488. The van der Waals surface area contributed by atoms with Crippen LogP contribution in [0.15, 0.2) is 18.2 Å². The predicted octanol–water partition coefficient (Wildman–Crippen LogP) is 1.34. The number of carbonyl (C=O) groups is 1. The Morgan fingerprint density at radius 2 is 2.20 bits per heavy atom. The normalized spacial score (nSPS) is 22.8. The summed E-state index contributed by atoms with van der Waals surface area (Å²) in [5, 5.41) is 12.5. The summed E-state index contributed by atoms with van der Waals surface area (Å²) in [6.45, 7) is 6.38. The third-order valence-electron chi connectivity index (χ3n) is 4.40. The molecule has 1 fully saturated rings. The van der Waals surface area contributed by atoms with Crippen LogP contribution in [0, 0.1) is 0 Å². The minimum absolute atomic E-state index is 0.0488. The van der Waals surface area contributed by atoms with Gasteiger partial charge in [0.15, 0.2) is 0 Å². The molecule has 1 unspecified atom stereocenters. The number of benzene rings is 1. The van der Waals surface area contributed by atoms with E-state index in [0.29, 0.717) is 5.75 Å². The van der Waals surface area contributed by atoms with Crippen molar-refractivity contribution in [1.82, 2.24) is 15.1 Å². The highest BCUT2D eigenvalue weighted by Crippen LogP contribution is 2.31. The van der Waals surface area contributed by atoms with E-state index >= 15 is 0 Å². The van der Waals surface area contributed by atoms with E-state index in [-0.39, 0.29) is 12.1 Å². The van der Waals surface area contributed by atoms with Gasteiger partial charge in [-0.1, -0.05) is 6.07 Å². The fourth-order valence-corrected chi connectivity index (χ4v) is 3.13. The zero-order valence-electron chi connectivity index (χ0n) is 11.8. The van der Waals surface area contributed by atoms with Gasteiger partial charge in [0.2, 0.25) is 0 Å². The van der Waals surface area contributed by atoms with E-state index < -0.39 is 0 Å². The standard InChI is InChI=1S/C15H21N3O2/c1-11-14-10-13(19)3-2-12(14)4-6-17(11)8-9-18-7-5-16-15(18)20/h2-3,10-11,19H,4-9H2,1H3,(H,16,20). The van der Waals surface area contributed by atoms with Crippen LogP contribution < -0.4 is 5.32 Å². The molecule has 2 N–H and O–H groups in total. The second-order valence-corrected chi connectivity index (χ2v) is 5.56. The fourth-order valence-electron chi connectivity index (χ4n) is 3.13. The molecular formula is C15H21N3O2. The second-order valence-electron chi connectivity index (χ2n) is 5.56. The maximum absolute atomic E-state index is 11.5. The Labute approximate surface area is 119 Å². The van der Waals surface area contributed by atoms with Crippen LogP contribution in [0.5, 0.6) is 5.75 Å². The summed E-state index contributed by atoms with van der Waals surface area (Å²) < 4.78 is 0. The van der Waals surface area contributed by atoms with E-state index in [1.807, 2.05) is 17.0 Å². The summed E-state index contributed by atoms with van der Waals surface area (Å²) in [5.41, 5.74) is 2.53. The quantitative estimate of drug-likeness (QED) is 0.875. The molecule has 0 spiro atoms. The molecule has 20 heavy (non-hydrogen) atoms. The maximum atomic E-state index is 11.5. The number of amides is 2. The molecule has 1 aromatic rings. The Bertz CT molecular complexity index is 518. The largest absolute Gasteiger partial charge is 0.508 e. The SMILES string of the molecule is CC1c2cc(O)ccc2CCN1CCN1CCNC1=O. The van der Waals surface area contributed by atoms with Crippen molar-refractivity contribution in [3.05, 3.63) is 29.3 Å². The molecule has 1 atom stereocenters. The summed E-state index contributed by atoms with van der Waals surface area (Å²) in [4.78, 5) is 15.8. The maximum Gasteiger partial charge on any atom is 0.317 e. The van der Waals surface area contributed by atoms with E-state index in [4.69, 9.17) is 0 Å². The number of nitrogens with one attached hydrogen (secondary N) is 1. The third-order valence-corrected chi connectivity index (χ3v) is 4.40. The van der Waals surface area contributed by atoms with E-state index in [2.05, 4.69) is 17.1 Å². The number of phenols is 1. The van der Waals surface area contributed by atoms with Crippen LogP contribution in [-0.2, 0) is 6.42 Å². The van der Waals surface area contributed by atoms with Crippen LogP contribution in [-0.4, -0.2) is 53.7 Å². The van der Waals surface area contributed by atoms with E-state index in [0.717, 1.165) is 39.1 Å². The van der Waals surface area contributed by atoms with Crippen molar-refractivity contribution in [2.75, 3.05) is 32.7 Å². The van der Waals surface area contributed by atoms with Crippen LogP contribution in [0.25, 0.3) is 0 Å². The van der Waals surface area contributed by atoms with Crippen molar-refractivity contribution in [2.24, 2.45) is 0 Å².